The summed E-state index contributed by atoms with van der Waals surface area (Å²) in [4.78, 5) is 0. The van der Waals surface area contributed by atoms with Gasteiger partial charge in [-0.15, -0.1) is 0 Å². The zero-order valence-electron chi connectivity index (χ0n) is 9.04. The number of hydrogen-bond acceptors (Lipinski definition) is 1. The molecule has 0 spiro atoms. The molecule has 1 aromatic rings. The van der Waals surface area contributed by atoms with Gasteiger partial charge in [-0.2, -0.15) is 8.78 Å². The average Bonchev–Trinajstić information content (AvgIpc) is 2.18. The lowest BCUT2D eigenvalue weighted by molar-refractivity contribution is -0.0506. The minimum atomic E-state index is -2.75. The third-order valence-electron chi connectivity index (χ3n) is 2.39. The summed E-state index contributed by atoms with van der Waals surface area (Å²) in [5.41, 5.74) is 0.861. The van der Waals surface area contributed by atoms with Gasteiger partial charge in [-0.25, -0.2) is 0 Å². The van der Waals surface area contributed by atoms with Crippen molar-refractivity contribution in [1.29, 1.82) is 0 Å². The van der Waals surface area contributed by atoms with Gasteiger partial charge in [0.05, 0.1) is 0 Å². The molecule has 15 heavy (non-hydrogen) atoms. The highest BCUT2D eigenvalue weighted by atomic mass is 19.3. The molecular weight excluding hydrogens is 198 g/mol. The number of para-hydroxylation sites is 1. The van der Waals surface area contributed by atoms with E-state index in [1.165, 1.54) is 0 Å². The van der Waals surface area contributed by atoms with E-state index in [1.54, 1.807) is 12.1 Å². The molecule has 0 heterocycles. The van der Waals surface area contributed by atoms with Gasteiger partial charge in [0.25, 0.3) is 0 Å². The van der Waals surface area contributed by atoms with E-state index in [9.17, 15) is 8.78 Å². The Kier molecular flexibility index (Phi) is 4.53. The minimum Gasteiger partial charge on any atom is -0.435 e. The summed E-state index contributed by atoms with van der Waals surface area (Å²) in [7, 11) is 0. The second-order valence-corrected chi connectivity index (χ2v) is 3.61. The molecule has 0 aliphatic carbocycles. The lowest BCUT2D eigenvalue weighted by Crippen LogP contribution is -2.05. The maximum atomic E-state index is 12.1. The number of ether oxygens (including phenoxy) is 1. The zero-order chi connectivity index (χ0) is 11.3. The van der Waals surface area contributed by atoms with E-state index in [0.29, 0.717) is 5.75 Å². The maximum absolute atomic E-state index is 12.1. The molecule has 0 fully saturated rings. The van der Waals surface area contributed by atoms with Crippen LogP contribution in [0.3, 0.4) is 0 Å². The normalized spacial score (nSPS) is 12.9. The minimum absolute atomic E-state index is 0.255. The molecule has 0 saturated carbocycles. The summed E-state index contributed by atoms with van der Waals surface area (Å²) < 4.78 is 28.7. The molecule has 1 rings (SSSR count). The monoisotopic (exact) mass is 214 g/mol. The molecule has 1 atom stereocenters. The Morgan fingerprint density at radius 3 is 2.53 bits per heavy atom. The Bertz CT molecular complexity index is 299. The van der Waals surface area contributed by atoms with Crippen LogP contribution in [0.25, 0.3) is 0 Å². The fourth-order valence-corrected chi connectivity index (χ4v) is 1.68. The van der Waals surface area contributed by atoms with Crippen molar-refractivity contribution < 1.29 is 13.5 Å². The van der Waals surface area contributed by atoms with Crippen molar-refractivity contribution in [3.8, 4) is 5.75 Å². The molecule has 0 bridgehead atoms. The van der Waals surface area contributed by atoms with Crippen LogP contribution in [0, 0.1) is 0 Å². The fraction of sp³-hybridized carbons (Fsp3) is 0.500. The molecule has 1 aromatic carbocycles. The Morgan fingerprint density at radius 2 is 1.93 bits per heavy atom. The van der Waals surface area contributed by atoms with Gasteiger partial charge in [0.15, 0.2) is 0 Å². The van der Waals surface area contributed by atoms with Crippen LogP contribution in [0.15, 0.2) is 24.3 Å². The molecule has 0 aromatic heterocycles. The molecular formula is C12H16F2O. The molecule has 0 radical (unpaired) electrons. The van der Waals surface area contributed by atoms with Crippen molar-refractivity contribution in [2.45, 2.75) is 39.2 Å². The first-order valence-electron chi connectivity index (χ1n) is 5.18. The number of halogens is 2. The van der Waals surface area contributed by atoms with Gasteiger partial charge in [0.1, 0.15) is 5.75 Å². The van der Waals surface area contributed by atoms with E-state index in [2.05, 4.69) is 11.7 Å². The average molecular weight is 214 g/mol. The predicted octanol–water partition coefficient (Wildman–Crippen LogP) is 4.19. The van der Waals surface area contributed by atoms with Crippen molar-refractivity contribution in [2.75, 3.05) is 0 Å². The van der Waals surface area contributed by atoms with Gasteiger partial charge >= 0.3 is 6.61 Å². The number of rotatable bonds is 5. The molecule has 0 N–H and O–H groups in total. The highest BCUT2D eigenvalue weighted by Gasteiger charge is 2.13. The largest absolute Gasteiger partial charge is 0.435 e. The van der Waals surface area contributed by atoms with Gasteiger partial charge in [-0.3, -0.25) is 0 Å². The number of benzene rings is 1. The summed E-state index contributed by atoms with van der Waals surface area (Å²) >= 11 is 0. The van der Waals surface area contributed by atoms with Crippen LogP contribution in [-0.4, -0.2) is 6.61 Å². The van der Waals surface area contributed by atoms with Gasteiger partial charge in [-0.1, -0.05) is 38.5 Å². The molecule has 3 heteroatoms. The van der Waals surface area contributed by atoms with Crippen LogP contribution in [0.4, 0.5) is 8.78 Å². The van der Waals surface area contributed by atoms with Gasteiger partial charge in [-0.05, 0) is 24.0 Å². The van der Waals surface area contributed by atoms with Crippen LogP contribution in [0.5, 0.6) is 5.75 Å². The Hall–Kier alpha value is -1.12. The van der Waals surface area contributed by atoms with Crippen molar-refractivity contribution in [1.82, 2.24) is 0 Å². The Morgan fingerprint density at radius 1 is 1.27 bits per heavy atom. The zero-order valence-corrected chi connectivity index (χ0v) is 9.04. The molecule has 0 amide bonds. The Labute approximate surface area is 89.1 Å². The highest BCUT2D eigenvalue weighted by Crippen LogP contribution is 2.30. The van der Waals surface area contributed by atoms with Crippen molar-refractivity contribution in [3.05, 3.63) is 29.8 Å². The van der Waals surface area contributed by atoms with E-state index in [-0.39, 0.29) is 5.92 Å². The summed E-state index contributed by atoms with van der Waals surface area (Å²) in [5.74, 6) is 0.554. The summed E-state index contributed by atoms with van der Waals surface area (Å²) in [6.45, 7) is 1.35. The lowest BCUT2D eigenvalue weighted by atomic mass is 9.96. The second-order valence-electron chi connectivity index (χ2n) is 3.61. The summed E-state index contributed by atoms with van der Waals surface area (Å²) in [5, 5.41) is 0. The van der Waals surface area contributed by atoms with Crippen molar-refractivity contribution in [2.24, 2.45) is 0 Å². The van der Waals surface area contributed by atoms with Crippen LogP contribution in [0.2, 0.25) is 0 Å². The first kappa shape index (κ1) is 12.0. The molecule has 0 saturated heterocycles. The summed E-state index contributed by atoms with van der Waals surface area (Å²) in [6.07, 6.45) is 2.01. The molecule has 84 valence electrons. The van der Waals surface area contributed by atoms with Crippen LogP contribution >= 0.6 is 0 Å². The van der Waals surface area contributed by atoms with E-state index in [1.807, 2.05) is 19.1 Å². The van der Waals surface area contributed by atoms with Gasteiger partial charge < -0.3 is 4.74 Å². The van der Waals surface area contributed by atoms with E-state index in [0.717, 1.165) is 18.4 Å². The highest BCUT2D eigenvalue weighted by molar-refractivity contribution is 5.35. The predicted molar refractivity (Wildman–Crippen MR) is 56.4 cm³/mol. The third kappa shape index (κ3) is 3.50. The molecule has 1 unspecified atom stereocenters. The smallest absolute Gasteiger partial charge is 0.387 e. The third-order valence-corrected chi connectivity index (χ3v) is 2.39. The number of hydrogen-bond donors (Lipinski definition) is 0. The lowest BCUT2D eigenvalue weighted by Gasteiger charge is -2.15. The first-order chi connectivity index (χ1) is 7.15. The Balaban J connectivity index is 2.85. The van der Waals surface area contributed by atoms with Crippen molar-refractivity contribution >= 4 is 0 Å². The maximum Gasteiger partial charge on any atom is 0.387 e. The van der Waals surface area contributed by atoms with Crippen LogP contribution < -0.4 is 4.74 Å². The SMILES string of the molecule is CCCC(C)c1ccccc1OC(F)F. The van der Waals surface area contributed by atoms with E-state index in [4.69, 9.17) is 0 Å². The van der Waals surface area contributed by atoms with Gasteiger partial charge in [0, 0.05) is 0 Å². The van der Waals surface area contributed by atoms with Crippen LogP contribution in [-0.2, 0) is 0 Å². The molecule has 0 aliphatic heterocycles. The molecule has 1 nitrogen and oxygen atoms in total. The summed E-state index contributed by atoms with van der Waals surface area (Å²) in [6, 6.07) is 6.99. The van der Waals surface area contributed by atoms with E-state index >= 15 is 0 Å². The topological polar surface area (TPSA) is 9.23 Å². The first-order valence-corrected chi connectivity index (χ1v) is 5.18. The standard InChI is InChI=1S/C12H16F2O/c1-3-6-9(2)10-7-4-5-8-11(10)15-12(13)14/h4-5,7-9,12H,3,6H2,1-2H3. The quantitative estimate of drug-likeness (QED) is 0.714. The fourth-order valence-electron chi connectivity index (χ4n) is 1.68. The number of alkyl halides is 2. The second kappa shape index (κ2) is 5.69. The van der Waals surface area contributed by atoms with Crippen molar-refractivity contribution in [3.63, 3.8) is 0 Å². The van der Waals surface area contributed by atoms with Crippen LogP contribution in [0.1, 0.15) is 38.2 Å². The molecule has 0 aliphatic rings. The van der Waals surface area contributed by atoms with E-state index < -0.39 is 6.61 Å². The van der Waals surface area contributed by atoms with Gasteiger partial charge in [0.2, 0.25) is 0 Å².